The Morgan fingerprint density at radius 1 is 0.350 bits per heavy atom. The minimum atomic E-state index is 0.897. The Bertz CT molecular complexity index is 3640. The molecule has 0 fully saturated rings. The number of benzene rings is 10. The van der Waals surface area contributed by atoms with Crippen molar-refractivity contribution in [2.24, 2.45) is 0 Å². The molecule has 13 rings (SSSR count). The van der Waals surface area contributed by atoms with Gasteiger partial charge in [-0.05, 0) is 93.7 Å². The Balaban J connectivity index is 0.959. The zero-order chi connectivity index (χ0) is 39.3. The molecule has 0 saturated heterocycles. The van der Waals surface area contributed by atoms with Crippen molar-refractivity contribution >= 4 is 114 Å². The lowest BCUT2D eigenvalue weighted by molar-refractivity contribution is 0.672. The standard InChI is InChI=1S/C56H33NO2S/c1-3-12-42-34(10-1)26-32-46-52-40(15-8-19-49(52)58-54(42)46)36-22-28-38(29-23-36)57(48-18-7-17-45-44-14-5-6-21-51(44)60-56(45)48)39-30-24-37(25-31-39)41-16-9-20-50-53(41)47-33-27-35-11-2-4-13-43(35)55(47)59-50/h1-33H. The Hall–Kier alpha value is -7.66. The van der Waals surface area contributed by atoms with E-state index in [9.17, 15) is 0 Å². The molecule has 10 aromatic carbocycles. The molecule has 0 radical (unpaired) electrons. The summed E-state index contributed by atoms with van der Waals surface area (Å²) < 4.78 is 15.7. The summed E-state index contributed by atoms with van der Waals surface area (Å²) in [5.41, 5.74) is 11.6. The molecule has 0 bridgehead atoms. The van der Waals surface area contributed by atoms with Gasteiger partial charge in [0.2, 0.25) is 0 Å². The number of rotatable bonds is 5. The third-order valence-corrected chi connectivity index (χ3v) is 13.5. The van der Waals surface area contributed by atoms with Gasteiger partial charge in [-0.15, -0.1) is 11.3 Å². The summed E-state index contributed by atoms with van der Waals surface area (Å²) in [7, 11) is 0. The number of nitrogens with zero attached hydrogens (tertiary/aromatic N) is 1. The van der Waals surface area contributed by atoms with E-state index in [2.05, 4.69) is 205 Å². The molecule has 0 unspecified atom stereocenters. The van der Waals surface area contributed by atoms with Gasteiger partial charge >= 0.3 is 0 Å². The van der Waals surface area contributed by atoms with E-state index in [1.165, 1.54) is 30.9 Å². The highest BCUT2D eigenvalue weighted by Gasteiger charge is 2.21. The molecular weight excluding hydrogens is 751 g/mol. The fourth-order valence-corrected chi connectivity index (χ4v) is 10.7. The molecular formula is C56H33NO2S. The summed E-state index contributed by atoms with van der Waals surface area (Å²) in [5, 5.41) is 11.7. The van der Waals surface area contributed by atoms with E-state index in [1.54, 1.807) is 0 Å². The highest BCUT2D eigenvalue weighted by Crippen LogP contribution is 2.47. The molecule has 0 amide bonds. The Morgan fingerprint density at radius 3 is 1.40 bits per heavy atom. The van der Waals surface area contributed by atoms with Crippen LogP contribution in [0.25, 0.3) is 108 Å². The van der Waals surface area contributed by atoms with E-state index < -0.39 is 0 Å². The largest absolute Gasteiger partial charge is 0.455 e. The predicted molar refractivity (Wildman–Crippen MR) is 254 cm³/mol. The van der Waals surface area contributed by atoms with Crippen molar-refractivity contribution in [1.29, 1.82) is 0 Å². The SMILES string of the molecule is c1ccc2c(c1)ccc1c2oc2cccc(-c3ccc(N(c4ccc(-c5cccc6oc7c8ccccc8ccc7c56)cc4)c4cccc5c4sc4ccccc45)cc3)c21. The van der Waals surface area contributed by atoms with Gasteiger partial charge in [0.25, 0.3) is 0 Å². The summed E-state index contributed by atoms with van der Waals surface area (Å²) in [4.78, 5) is 2.41. The Morgan fingerprint density at radius 2 is 0.833 bits per heavy atom. The molecule has 3 heterocycles. The van der Waals surface area contributed by atoms with E-state index in [-0.39, 0.29) is 0 Å². The van der Waals surface area contributed by atoms with Gasteiger partial charge in [0, 0.05) is 59.2 Å². The number of anilines is 3. The van der Waals surface area contributed by atoms with Gasteiger partial charge in [0.15, 0.2) is 0 Å². The molecule has 0 atom stereocenters. The van der Waals surface area contributed by atoms with Crippen molar-refractivity contribution in [3.05, 3.63) is 200 Å². The van der Waals surface area contributed by atoms with Crippen LogP contribution in [0.1, 0.15) is 0 Å². The predicted octanol–water partition coefficient (Wildman–Crippen LogP) is 17.0. The molecule has 0 saturated carbocycles. The van der Waals surface area contributed by atoms with Crippen molar-refractivity contribution in [2.75, 3.05) is 4.90 Å². The van der Waals surface area contributed by atoms with Crippen LogP contribution < -0.4 is 4.90 Å². The van der Waals surface area contributed by atoms with Crippen molar-refractivity contribution in [1.82, 2.24) is 0 Å². The molecule has 3 aromatic heterocycles. The number of hydrogen-bond donors (Lipinski definition) is 0. The minimum absolute atomic E-state index is 0.897. The lowest BCUT2D eigenvalue weighted by Crippen LogP contribution is -2.10. The Labute approximate surface area is 348 Å². The van der Waals surface area contributed by atoms with E-state index in [4.69, 9.17) is 8.83 Å². The van der Waals surface area contributed by atoms with E-state index in [0.717, 1.165) is 94.0 Å². The zero-order valence-electron chi connectivity index (χ0n) is 32.2. The molecule has 0 aliphatic rings. The van der Waals surface area contributed by atoms with E-state index in [0.29, 0.717) is 0 Å². The average Bonchev–Trinajstić information content (AvgIpc) is 4.02. The summed E-state index contributed by atoms with van der Waals surface area (Å²) >= 11 is 1.85. The molecule has 4 heteroatoms. The first-order valence-corrected chi connectivity index (χ1v) is 21.1. The first-order valence-electron chi connectivity index (χ1n) is 20.3. The summed E-state index contributed by atoms with van der Waals surface area (Å²) in [5.74, 6) is 0. The van der Waals surface area contributed by atoms with Crippen LogP contribution in [0.3, 0.4) is 0 Å². The molecule has 0 N–H and O–H groups in total. The summed E-state index contributed by atoms with van der Waals surface area (Å²) in [6.07, 6.45) is 0. The molecule has 60 heavy (non-hydrogen) atoms. The van der Waals surface area contributed by atoms with Crippen LogP contribution in [-0.2, 0) is 0 Å². The molecule has 0 spiro atoms. The van der Waals surface area contributed by atoms with Crippen LogP contribution in [0.5, 0.6) is 0 Å². The highest BCUT2D eigenvalue weighted by molar-refractivity contribution is 7.26. The lowest BCUT2D eigenvalue weighted by Gasteiger charge is -2.26. The summed E-state index contributed by atoms with van der Waals surface area (Å²) in [6.45, 7) is 0. The number of thiophene rings is 1. The van der Waals surface area contributed by atoms with E-state index in [1.807, 2.05) is 11.3 Å². The van der Waals surface area contributed by atoms with Crippen LogP contribution in [0.4, 0.5) is 17.1 Å². The number of furan rings is 2. The molecule has 0 aliphatic carbocycles. The van der Waals surface area contributed by atoms with Crippen molar-refractivity contribution in [2.45, 2.75) is 0 Å². The fourth-order valence-electron chi connectivity index (χ4n) is 9.50. The second-order valence-corrected chi connectivity index (χ2v) is 16.6. The van der Waals surface area contributed by atoms with Gasteiger partial charge in [0.1, 0.15) is 22.3 Å². The minimum Gasteiger partial charge on any atom is -0.455 e. The number of fused-ring (bicyclic) bond motifs is 13. The summed E-state index contributed by atoms with van der Waals surface area (Å²) in [6, 6.07) is 71.9. The normalized spacial score (nSPS) is 12.0. The lowest BCUT2D eigenvalue weighted by atomic mass is 9.97. The maximum atomic E-state index is 6.56. The van der Waals surface area contributed by atoms with Crippen LogP contribution in [0, 0.1) is 0 Å². The van der Waals surface area contributed by atoms with Gasteiger partial charge in [-0.2, -0.15) is 0 Å². The third kappa shape index (κ3) is 4.95. The molecule has 13 aromatic rings. The van der Waals surface area contributed by atoms with Crippen LogP contribution in [0.2, 0.25) is 0 Å². The fraction of sp³-hybridized carbons (Fsp3) is 0. The second kappa shape index (κ2) is 12.9. The smallest absolute Gasteiger partial charge is 0.143 e. The highest BCUT2D eigenvalue weighted by atomic mass is 32.1. The zero-order valence-corrected chi connectivity index (χ0v) is 33.0. The van der Waals surface area contributed by atoms with Crippen LogP contribution in [0.15, 0.2) is 209 Å². The second-order valence-electron chi connectivity index (χ2n) is 15.6. The van der Waals surface area contributed by atoms with Gasteiger partial charge in [-0.25, -0.2) is 0 Å². The first kappa shape index (κ1) is 33.3. The van der Waals surface area contributed by atoms with Crippen molar-refractivity contribution in [3.8, 4) is 22.3 Å². The van der Waals surface area contributed by atoms with Crippen LogP contribution in [-0.4, -0.2) is 0 Å². The molecule has 0 aliphatic heterocycles. The third-order valence-electron chi connectivity index (χ3n) is 12.3. The van der Waals surface area contributed by atoms with Gasteiger partial charge in [-0.3, -0.25) is 0 Å². The van der Waals surface area contributed by atoms with Gasteiger partial charge < -0.3 is 13.7 Å². The maximum absolute atomic E-state index is 6.56. The van der Waals surface area contributed by atoms with Crippen LogP contribution >= 0.6 is 11.3 Å². The van der Waals surface area contributed by atoms with Crippen molar-refractivity contribution in [3.63, 3.8) is 0 Å². The monoisotopic (exact) mass is 783 g/mol. The maximum Gasteiger partial charge on any atom is 0.143 e. The topological polar surface area (TPSA) is 29.5 Å². The van der Waals surface area contributed by atoms with E-state index >= 15 is 0 Å². The van der Waals surface area contributed by atoms with Gasteiger partial charge in [-0.1, -0.05) is 140 Å². The average molecular weight is 784 g/mol. The number of hydrogen-bond acceptors (Lipinski definition) is 4. The molecule has 3 nitrogen and oxygen atoms in total. The first-order chi connectivity index (χ1) is 29.7. The van der Waals surface area contributed by atoms with Gasteiger partial charge in [0.05, 0.1) is 10.4 Å². The Kier molecular flexibility index (Phi) is 7.18. The van der Waals surface area contributed by atoms with Crippen molar-refractivity contribution < 1.29 is 8.83 Å². The quantitative estimate of drug-likeness (QED) is 0.174. The molecule has 280 valence electrons.